The van der Waals surface area contributed by atoms with Crippen LogP contribution in [0.5, 0.6) is 0 Å². The summed E-state index contributed by atoms with van der Waals surface area (Å²) in [6.45, 7) is 4.27. The lowest BCUT2D eigenvalue weighted by molar-refractivity contribution is -0.136. The lowest BCUT2D eigenvalue weighted by Gasteiger charge is -2.31. The Hall–Kier alpha value is -1.46. The van der Waals surface area contributed by atoms with Crippen LogP contribution in [0.25, 0.3) is 0 Å². The molecule has 0 saturated carbocycles. The molecule has 0 atom stereocenters. The molecule has 1 aromatic carbocycles. The lowest BCUT2D eigenvalue weighted by atomic mass is 10.1. The van der Waals surface area contributed by atoms with Gasteiger partial charge in [-0.25, -0.2) is 4.39 Å². The van der Waals surface area contributed by atoms with Crippen molar-refractivity contribution in [1.29, 1.82) is 0 Å². The van der Waals surface area contributed by atoms with Gasteiger partial charge in [0.25, 0.3) is 5.91 Å². The molecule has 0 radical (unpaired) electrons. The number of hydrogen-bond acceptors (Lipinski definition) is 3. The zero-order valence-corrected chi connectivity index (χ0v) is 11.6. The number of ether oxygens (including phenoxy) is 1. The van der Waals surface area contributed by atoms with Crippen LogP contribution < -0.4 is 10.6 Å². The molecule has 1 rings (SSSR count). The van der Waals surface area contributed by atoms with Gasteiger partial charge in [-0.1, -0.05) is 6.07 Å². The molecular formula is C14H21FN2O2. The minimum atomic E-state index is -0.957. The second-order valence-electron chi connectivity index (χ2n) is 4.79. The number of benzene rings is 1. The van der Waals surface area contributed by atoms with Gasteiger partial charge in [0.1, 0.15) is 11.4 Å². The van der Waals surface area contributed by atoms with E-state index in [1.165, 1.54) is 24.1 Å². The van der Waals surface area contributed by atoms with Crippen LogP contribution >= 0.6 is 0 Å². The molecule has 0 aliphatic carbocycles. The smallest absolute Gasteiger partial charge is 0.258 e. The van der Waals surface area contributed by atoms with Crippen LogP contribution in [0.4, 0.5) is 10.1 Å². The Balaban J connectivity index is 3.04. The first kappa shape index (κ1) is 15.6. The van der Waals surface area contributed by atoms with E-state index >= 15 is 0 Å². The average molecular weight is 268 g/mol. The Kier molecular flexibility index (Phi) is 5.44. The number of anilines is 1. The standard InChI is InChI=1S/C14H21FN2O2/c1-14(2,19-3)13(18)17(9-5-8-16)12-7-4-6-11(15)10-12/h4,6-7,10H,5,8-9,16H2,1-3H3. The fourth-order valence-corrected chi connectivity index (χ4v) is 1.65. The molecule has 5 heteroatoms. The van der Waals surface area contributed by atoms with Gasteiger partial charge in [0.15, 0.2) is 0 Å². The van der Waals surface area contributed by atoms with Crippen LogP contribution in [0.3, 0.4) is 0 Å². The van der Waals surface area contributed by atoms with Gasteiger partial charge in [0, 0.05) is 19.3 Å². The van der Waals surface area contributed by atoms with Crippen molar-refractivity contribution >= 4 is 11.6 Å². The zero-order chi connectivity index (χ0) is 14.5. The molecular weight excluding hydrogens is 247 g/mol. The number of methoxy groups -OCH3 is 1. The number of nitrogens with zero attached hydrogens (tertiary/aromatic N) is 1. The summed E-state index contributed by atoms with van der Waals surface area (Å²) in [6, 6.07) is 5.95. The summed E-state index contributed by atoms with van der Waals surface area (Å²) in [4.78, 5) is 14.0. The van der Waals surface area contributed by atoms with Gasteiger partial charge in [0.2, 0.25) is 0 Å². The largest absolute Gasteiger partial charge is 0.369 e. The topological polar surface area (TPSA) is 55.6 Å². The van der Waals surface area contributed by atoms with E-state index < -0.39 is 5.60 Å². The normalized spacial score (nSPS) is 11.4. The molecule has 106 valence electrons. The van der Waals surface area contributed by atoms with Crippen LogP contribution in [0.1, 0.15) is 20.3 Å². The minimum absolute atomic E-state index is 0.214. The quantitative estimate of drug-likeness (QED) is 0.857. The first-order valence-corrected chi connectivity index (χ1v) is 6.25. The van der Waals surface area contributed by atoms with E-state index in [0.717, 1.165) is 0 Å². The molecule has 0 aromatic heterocycles. The van der Waals surface area contributed by atoms with E-state index in [1.54, 1.807) is 26.0 Å². The van der Waals surface area contributed by atoms with Crippen LogP contribution in [0, 0.1) is 5.82 Å². The third kappa shape index (κ3) is 4.01. The lowest BCUT2D eigenvalue weighted by Crippen LogP contribution is -2.47. The number of amides is 1. The predicted octanol–water partition coefficient (Wildman–Crippen LogP) is 1.93. The molecule has 0 unspecified atom stereocenters. The molecule has 19 heavy (non-hydrogen) atoms. The number of carbonyl (C=O) groups is 1. The molecule has 1 amide bonds. The second kappa shape index (κ2) is 6.63. The molecule has 0 heterocycles. The Morgan fingerprint density at radius 2 is 2.16 bits per heavy atom. The zero-order valence-electron chi connectivity index (χ0n) is 11.6. The molecule has 1 aromatic rings. The molecule has 0 bridgehead atoms. The SMILES string of the molecule is COC(C)(C)C(=O)N(CCCN)c1cccc(F)c1. The van der Waals surface area contributed by atoms with Crippen molar-refractivity contribution < 1.29 is 13.9 Å². The minimum Gasteiger partial charge on any atom is -0.369 e. The van der Waals surface area contributed by atoms with Gasteiger partial charge in [-0.3, -0.25) is 4.79 Å². The number of halogens is 1. The Morgan fingerprint density at radius 3 is 2.68 bits per heavy atom. The maximum Gasteiger partial charge on any atom is 0.258 e. The van der Waals surface area contributed by atoms with Gasteiger partial charge in [-0.15, -0.1) is 0 Å². The first-order valence-electron chi connectivity index (χ1n) is 6.25. The first-order chi connectivity index (χ1) is 8.92. The van der Waals surface area contributed by atoms with Crippen molar-refractivity contribution in [2.24, 2.45) is 5.73 Å². The van der Waals surface area contributed by atoms with Crippen molar-refractivity contribution in [3.05, 3.63) is 30.1 Å². The summed E-state index contributed by atoms with van der Waals surface area (Å²) in [5.74, 6) is -0.590. The van der Waals surface area contributed by atoms with Crippen molar-refractivity contribution in [3.8, 4) is 0 Å². The summed E-state index contributed by atoms with van der Waals surface area (Å²) < 4.78 is 18.5. The number of nitrogens with two attached hydrogens (primary N) is 1. The van der Waals surface area contributed by atoms with Crippen molar-refractivity contribution in [2.75, 3.05) is 25.1 Å². The summed E-state index contributed by atoms with van der Waals surface area (Å²) in [7, 11) is 1.48. The van der Waals surface area contributed by atoms with Gasteiger partial charge in [-0.05, 0) is 45.0 Å². The van der Waals surface area contributed by atoms with Gasteiger partial charge >= 0.3 is 0 Å². The van der Waals surface area contributed by atoms with Gasteiger partial charge < -0.3 is 15.4 Å². The van der Waals surface area contributed by atoms with Crippen LogP contribution in [0.15, 0.2) is 24.3 Å². The fourth-order valence-electron chi connectivity index (χ4n) is 1.65. The number of carbonyl (C=O) groups excluding carboxylic acids is 1. The highest BCUT2D eigenvalue weighted by molar-refractivity contribution is 5.98. The van der Waals surface area contributed by atoms with Crippen LogP contribution in [-0.2, 0) is 9.53 Å². The fraction of sp³-hybridized carbons (Fsp3) is 0.500. The van der Waals surface area contributed by atoms with E-state index in [9.17, 15) is 9.18 Å². The monoisotopic (exact) mass is 268 g/mol. The van der Waals surface area contributed by atoms with E-state index in [1.807, 2.05) is 0 Å². The third-order valence-corrected chi connectivity index (χ3v) is 2.98. The van der Waals surface area contributed by atoms with E-state index in [0.29, 0.717) is 25.2 Å². The van der Waals surface area contributed by atoms with Crippen molar-refractivity contribution in [1.82, 2.24) is 0 Å². The van der Waals surface area contributed by atoms with E-state index in [-0.39, 0.29) is 11.7 Å². The number of rotatable bonds is 6. The summed E-state index contributed by atoms with van der Waals surface area (Å²) in [5, 5.41) is 0. The Bertz CT molecular complexity index is 435. The highest BCUT2D eigenvalue weighted by atomic mass is 19.1. The summed E-state index contributed by atoms with van der Waals surface area (Å²) in [5.41, 5.74) is 5.04. The van der Waals surface area contributed by atoms with Crippen LogP contribution in [0.2, 0.25) is 0 Å². The van der Waals surface area contributed by atoms with E-state index in [4.69, 9.17) is 10.5 Å². The third-order valence-electron chi connectivity index (χ3n) is 2.98. The molecule has 0 aliphatic rings. The Morgan fingerprint density at radius 1 is 1.47 bits per heavy atom. The highest BCUT2D eigenvalue weighted by Crippen LogP contribution is 2.21. The summed E-state index contributed by atoms with van der Waals surface area (Å²) in [6.07, 6.45) is 0.641. The summed E-state index contributed by atoms with van der Waals surface area (Å²) >= 11 is 0. The highest BCUT2D eigenvalue weighted by Gasteiger charge is 2.32. The number of hydrogen-bond donors (Lipinski definition) is 1. The van der Waals surface area contributed by atoms with Gasteiger partial charge in [-0.2, -0.15) is 0 Å². The molecule has 0 fully saturated rings. The second-order valence-corrected chi connectivity index (χ2v) is 4.79. The van der Waals surface area contributed by atoms with Crippen molar-refractivity contribution in [2.45, 2.75) is 25.9 Å². The van der Waals surface area contributed by atoms with Crippen LogP contribution in [-0.4, -0.2) is 31.7 Å². The molecule has 4 nitrogen and oxygen atoms in total. The average Bonchev–Trinajstić information content (AvgIpc) is 2.39. The Labute approximate surface area is 113 Å². The van der Waals surface area contributed by atoms with E-state index in [2.05, 4.69) is 0 Å². The predicted molar refractivity (Wildman–Crippen MR) is 73.5 cm³/mol. The van der Waals surface area contributed by atoms with Crippen molar-refractivity contribution in [3.63, 3.8) is 0 Å². The molecule has 0 spiro atoms. The molecule has 2 N–H and O–H groups in total. The molecule has 0 aliphatic heterocycles. The van der Waals surface area contributed by atoms with Gasteiger partial charge in [0.05, 0.1) is 0 Å². The maximum absolute atomic E-state index is 13.3. The molecule has 0 saturated heterocycles. The maximum atomic E-state index is 13.3.